The molecule has 0 unspecified atom stereocenters. The largest absolute Gasteiger partial charge is 1.00 e. The number of hydroxylamine groups is 2. The van der Waals surface area contributed by atoms with Crippen molar-refractivity contribution >= 4 is 0 Å². The fraction of sp³-hybridized carbons (Fsp3) is 1.00. The van der Waals surface area contributed by atoms with E-state index >= 15 is 0 Å². The molecule has 0 rings (SSSR count). The fourth-order valence-corrected chi connectivity index (χ4v) is 0.141. The van der Waals surface area contributed by atoms with Crippen molar-refractivity contribution in [2.24, 2.45) is 0 Å². The van der Waals surface area contributed by atoms with Crippen molar-refractivity contribution in [1.82, 2.24) is 5.06 Å². The molecule has 3 nitrogen and oxygen atoms in total. The van der Waals surface area contributed by atoms with Crippen LogP contribution in [0.25, 0.3) is 0 Å². The molecule has 0 aromatic heterocycles. The van der Waals surface area contributed by atoms with Crippen molar-refractivity contribution in [3.05, 3.63) is 5.21 Å². The number of rotatable bonds is 2. The number of hydrogen-bond acceptors (Lipinski definition) is 3. The summed E-state index contributed by atoms with van der Waals surface area (Å²) in [7, 11) is 1.37. The van der Waals surface area contributed by atoms with Gasteiger partial charge in [0.1, 0.15) is 0 Å². The molecule has 0 fully saturated rings. The molecule has 0 amide bonds. The summed E-state index contributed by atoms with van der Waals surface area (Å²) in [6.45, 7) is 0.153. The van der Waals surface area contributed by atoms with Gasteiger partial charge in [-0.3, -0.25) is 0 Å². The Morgan fingerprint density at radius 2 is 2.14 bits per heavy atom. The minimum absolute atomic E-state index is 0. The SMILES string of the molecule is CN([O-])CCO.[K+]. The Labute approximate surface area is 85.7 Å². The Morgan fingerprint density at radius 3 is 2.14 bits per heavy atom. The molecular weight excluding hydrogens is 121 g/mol. The second kappa shape index (κ2) is 7.52. The van der Waals surface area contributed by atoms with Crippen LogP contribution in [-0.2, 0) is 0 Å². The van der Waals surface area contributed by atoms with Gasteiger partial charge in [-0.2, -0.15) is 0 Å². The van der Waals surface area contributed by atoms with E-state index in [9.17, 15) is 5.21 Å². The number of aliphatic hydroxyl groups is 1. The van der Waals surface area contributed by atoms with Crippen molar-refractivity contribution < 1.29 is 56.5 Å². The molecule has 0 aliphatic rings. The van der Waals surface area contributed by atoms with Gasteiger partial charge in [-0.05, 0) is 7.05 Å². The van der Waals surface area contributed by atoms with Crippen LogP contribution in [-0.4, -0.2) is 30.4 Å². The first kappa shape index (κ1) is 11.3. The van der Waals surface area contributed by atoms with Gasteiger partial charge in [-0.1, -0.05) is 0 Å². The summed E-state index contributed by atoms with van der Waals surface area (Å²) in [6, 6.07) is 0. The predicted octanol–water partition coefficient (Wildman–Crippen LogP) is -3.59. The number of hydrogen-bond donors (Lipinski definition) is 1. The Hall–Kier alpha value is 1.52. The summed E-state index contributed by atoms with van der Waals surface area (Å²) in [5.41, 5.74) is 0. The first-order valence-electron chi connectivity index (χ1n) is 1.76. The third-order valence-electron chi connectivity index (χ3n) is 0.415. The van der Waals surface area contributed by atoms with E-state index in [0.717, 1.165) is 0 Å². The molecule has 0 radical (unpaired) electrons. The van der Waals surface area contributed by atoms with Gasteiger partial charge < -0.3 is 15.4 Å². The van der Waals surface area contributed by atoms with E-state index < -0.39 is 0 Å². The van der Waals surface area contributed by atoms with E-state index in [4.69, 9.17) is 5.11 Å². The standard InChI is InChI=1S/C3H8NO2.K/c1-4(6)2-3-5;/h5H,2-3H2,1H3;/q-1;+1. The van der Waals surface area contributed by atoms with E-state index in [1.807, 2.05) is 0 Å². The molecular formula is C3H8KNO2. The average Bonchev–Trinajstić information content (AvgIpc) is 1.35. The first-order chi connectivity index (χ1) is 2.77. The zero-order valence-electron chi connectivity index (χ0n) is 4.72. The minimum atomic E-state index is -0.0556. The predicted molar refractivity (Wildman–Crippen MR) is 23.1 cm³/mol. The van der Waals surface area contributed by atoms with Crippen LogP contribution >= 0.6 is 0 Å². The maximum atomic E-state index is 9.80. The molecule has 0 aromatic carbocycles. The zero-order chi connectivity index (χ0) is 4.99. The first-order valence-corrected chi connectivity index (χ1v) is 1.76. The van der Waals surface area contributed by atoms with Crippen LogP contribution in [0.3, 0.4) is 0 Å². The molecule has 1 N–H and O–H groups in total. The van der Waals surface area contributed by atoms with Gasteiger partial charge in [0.25, 0.3) is 0 Å². The van der Waals surface area contributed by atoms with Gasteiger partial charge in [0.05, 0.1) is 6.61 Å². The molecule has 0 heterocycles. The number of nitrogens with zero attached hydrogens (tertiary/aromatic N) is 1. The number of likely N-dealkylation sites (N-methyl/N-ethyl adjacent to an activating group) is 1. The van der Waals surface area contributed by atoms with Crippen molar-refractivity contribution in [3.63, 3.8) is 0 Å². The molecule has 38 valence electrons. The molecule has 7 heavy (non-hydrogen) atoms. The second-order valence-corrected chi connectivity index (χ2v) is 1.08. The van der Waals surface area contributed by atoms with Gasteiger partial charge in [-0.15, -0.1) is 0 Å². The van der Waals surface area contributed by atoms with E-state index in [1.54, 1.807) is 0 Å². The van der Waals surface area contributed by atoms with Crippen LogP contribution in [0, 0.1) is 5.21 Å². The van der Waals surface area contributed by atoms with Gasteiger partial charge >= 0.3 is 51.4 Å². The van der Waals surface area contributed by atoms with E-state index in [2.05, 4.69) is 0 Å². The summed E-state index contributed by atoms with van der Waals surface area (Å²) < 4.78 is 0. The van der Waals surface area contributed by atoms with Crippen LogP contribution in [0.15, 0.2) is 0 Å². The topological polar surface area (TPSA) is 46.5 Å². The van der Waals surface area contributed by atoms with E-state index in [1.165, 1.54) is 7.05 Å². The summed E-state index contributed by atoms with van der Waals surface area (Å²) in [4.78, 5) is 0. The van der Waals surface area contributed by atoms with Crippen molar-refractivity contribution in [2.45, 2.75) is 0 Å². The number of aliphatic hydroxyl groups excluding tert-OH is 1. The normalized spacial score (nSPS) is 8.57. The van der Waals surface area contributed by atoms with Gasteiger partial charge in [0.2, 0.25) is 0 Å². The average molecular weight is 129 g/mol. The molecule has 4 heteroatoms. The molecule has 0 aromatic rings. The van der Waals surface area contributed by atoms with Gasteiger partial charge in [0.15, 0.2) is 0 Å². The van der Waals surface area contributed by atoms with Crippen LogP contribution in [0.5, 0.6) is 0 Å². The minimum Gasteiger partial charge on any atom is -0.785 e. The zero-order valence-corrected chi connectivity index (χ0v) is 7.84. The Balaban J connectivity index is 0. The van der Waals surface area contributed by atoms with Crippen LogP contribution in [0.4, 0.5) is 0 Å². The third kappa shape index (κ3) is 11.2. The van der Waals surface area contributed by atoms with Crippen LogP contribution in [0.1, 0.15) is 0 Å². The second-order valence-electron chi connectivity index (χ2n) is 1.08. The monoisotopic (exact) mass is 129 g/mol. The molecule has 0 atom stereocenters. The molecule has 0 saturated carbocycles. The van der Waals surface area contributed by atoms with Crippen molar-refractivity contribution in [2.75, 3.05) is 20.2 Å². The smallest absolute Gasteiger partial charge is 0.785 e. The van der Waals surface area contributed by atoms with Crippen molar-refractivity contribution in [1.29, 1.82) is 0 Å². The van der Waals surface area contributed by atoms with Crippen LogP contribution < -0.4 is 51.4 Å². The Bertz CT molecular complexity index is 34.1. The maximum Gasteiger partial charge on any atom is 1.00 e. The third-order valence-corrected chi connectivity index (χ3v) is 0.415. The molecule has 0 bridgehead atoms. The van der Waals surface area contributed by atoms with Gasteiger partial charge in [-0.25, -0.2) is 0 Å². The van der Waals surface area contributed by atoms with Gasteiger partial charge in [0, 0.05) is 6.54 Å². The van der Waals surface area contributed by atoms with Crippen molar-refractivity contribution in [3.8, 4) is 0 Å². The summed E-state index contributed by atoms with van der Waals surface area (Å²) >= 11 is 0. The van der Waals surface area contributed by atoms with E-state index in [-0.39, 0.29) is 64.5 Å². The summed E-state index contributed by atoms with van der Waals surface area (Å²) in [5.74, 6) is 0. The molecule has 0 spiro atoms. The summed E-state index contributed by atoms with van der Waals surface area (Å²) in [6.07, 6.45) is 0. The Kier molecular flexibility index (Phi) is 12.2. The van der Waals surface area contributed by atoms with E-state index in [0.29, 0.717) is 5.06 Å². The Morgan fingerprint density at radius 1 is 1.71 bits per heavy atom. The quantitative estimate of drug-likeness (QED) is 0.310. The van der Waals surface area contributed by atoms with Crippen LogP contribution in [0.2, 0.25) is 0 Å². The fourth-order valence-electron chi connectivity index (χ4n) is 0.141. The maximum absolute atomic E-state index is 9.80. The molecule has 0 aliphatic heterocycles. The molecule has 0 saturated heterocycles. The molecule has 0 aliphatic carbocycles. The summed E-state index contributed by atoms with van der Waals surface area (Å²) in [5, 5.41) is 18.5.